The maximum absolute atomic E-state index is 6.24. The van der Waals surface area contributed by atoms with Crippen LogP contribution >= 0.6 is 0 Å². The van der Waals surface area contributed by atoms with Gasteiger partial charge in [0, 0.05) is 6.04 Å². The Hall–Kier alpha value is -1.64. The predicted octanol–water partition coefficient (Wildman–Crippen LogP) is 3.54. The topological polar surface area (TPSA) is 21.3 Å². The van der Waals surface area contributed by atoms with Gasteiger partial charge in [0.25, 0.3) is 0 Å². The van der Waals surface area contributed by atoms with Crippen LogP contribution in [0.25, 0.3) is 0 Å². The van der Waals surface area contributed by atoms with Crippen LogP contribution in [0.1, 0.15) is 30.1 Å². The second kappa shape index (κ2) is 6.69. The van der Waals surface area contributed by atoms with Gasteiger partial charge in [-0.1, -0.05) is 60.7 Å². The third-order valence-electron chi connectivity index (χ3n) is 3.83. The number of hydrogen-bond donors (Lipinski definition) is 1. The van der Waals surface area contributed by atoms with Gasteiger partial charge in [0.1, 0.15) is 6.10 Å². The molecule has 0 aromatic heterocycles. The molecule has 1 aliphatic heterocycles. The lowest BCUT2D eigenvalue weighted by Gasteiger charge is -2.21. The Morgan fingerprint density at radius 3 is 2.05 bits per heavy atom. The number of benzene rings is 2. The fraction of sp³-hybridized carbons (Fsp3) is 0.333. The molecule has 2 aromatic rings. The van der Waals surface area contributed by atoms with Crippen molar-refractivity contribution in [3.8, 4) is 0 Å². The van der Waals surface area contributed by atoms with Crippen LogP contribution in [0.5, 0.6) is 0 Å². The van der Waals surface area contributed by atoms with Gasteiger partial charge in [0.15, 0.2) is 0 Å². The van der Waals surface area contributed by atoms with E-state index in [0.29, 0.717) is 6.04 Å². The third kappa shape index (κ3) is 3.27. The molecule has 2 heteroatoms. The van der Waals surface area contributed by atoms with Crippen molar-refractivity contribution >= 4 is 0 Å². The Balaban J connectivity index is 1.76. The lowest BCUT2D eigenvalue weighted by Crippen LogP contribution is -2.27. The van der Waals surface area contributed by atoms with E-state index in [4.69, 9.17) is 4.74 Å². The van der Waals surface area contributed by atoms with Crippen molar-refractivity contribution in [1.29, 1.82) is 0 Å². The Labute approximate surface area is 120 Å². The van der Waals surface area contributed by atoms with E-state index in [9.17, 15) is 0 Å². The molecule has 0 saturated carbocycles. The minimum Gasteiger partial charge on any atom is -0.367 e. The SMILES string of the molecule is c1ccc(C(OC[C@H]2CCCN2)c2ccccc2)cc1. The van der Waals surface area contributed by atoms with E-state index in [1.165, 1.54) is 24.0 Å². The highest BCUT2D eigenvalue weighted by Crippen LogP contribution is 2.26. The van der Waals surface area contributed by atoms with Gasteiger partial charge in [0.2, 0.25) is 0 Å². The zero-order chi connectivity index (χ0) is 13.6. The Kier molecular flexibility index (Phi) is 4.46. The zero-order valence-electron chi connectivity index (χ0n) is 11.7. The first kappa shape index (κ1) is 13.3. The summed E-state index contributed by atoms with van der Waals surface area (Å²) in [4.78, 5) is 0. The van der Waals surface area contributed by atoms with Crippen LogP contribution in [0.15, 0.2) is 60.7 Å². The van der Waals surface area contributed by atoms with Crippen LogP contribution in [0.4, 0.5) is 0 Å². The number of rotatable bonds is 5. The standard InChI is InChI=1S/C18H21NO/c1-3-8-15(9-4-1)18(16-10-5-2-6-11-16)20-14-17-12-7-13-19-17/h1-6,8-11,17-19H,7,12-14H2/t17-/m1/s1. The van der Waals surface area contributed by atoms with E-state index in [1.54, 1.807) is 0 Å². The highest BCUT2D eigenvalue weighted by molar-refractivity contribution is 5.29. The molecular formula is C18H21NO. The molecule has 1 N–H and O–H groups in total. The minimum absolute atomic E-state index is 0.0276. The summed E-state index contributed by atoms with van der Waals surface area (Å²) in [5.41, 5.74) is 2.44. The number of nitrogens with one attached hydrogen (secondary N) is 1. The molecule has 0 aliphatic carbocycles. The Bertz CT molecular complexity index is 466. The summed E-state index contributed by atoms with van der Waals surface area (Å²) in [5.74, 6) is 0. The highest BCUT2D eigenvalue weighted by Gasteiger charge is 2.19. The molecular weight excluding hydrogens is 246 g/mol. The van der Waals surface area contributed by atoms with Crippen molar-refractivity contribution in [3.05, 3.63) is 71.8 Å². The van der Waals surface area contributed by atoms with Gasteiger partial charge < -0.3 is 10.1 Å². The molecule has 1 heterocycles. The summed E-state index contributed by atoms with van der Waals surface area (Å²) in [6.07, 6.45) is 2.51. The van der Waals surface area contributed by atoms with Crippen LogP contribution in [-0.4, -0.2) is 19.2 Å². The van der Waals surface area contributed by atoms with Crippen molar-refractivity contribution in [2.75, 3.05) is 13.2 Å². The predicted molar refractivity (Wildman–Crippen MR) is 81.7 cm³/mol. The molecule has 1 atom stereocenters. The summed E-state index contributed by atoms with van der Waals surface area (Å²) in [5, 5.41) is 3.49. The van der Waals surface area contributed by atoms with E-state index in [1.807, 2.05) is 12.1 Å². The lowest BCUT2D eigenvalue weighted by atomic mass is 10.0. The fourth-order valence-electron chi connectivity index (χ4n) is 2.75. The van der Waals surface area contributed by atoms with E-state index in [-0.39, 0.29) is 6.10 Å². The average Bonchev–Trinajstić information content (AvgIpc) is 3.03. The molecule has 0 radical (unpaired) electrons. The van der Waals surface area contributed by atoms with Crippen molar-refractivity contribution in [2.45, 2.75) is 25.0 Å². The summed E-state index contributed by atoms with van der Waals surface area (Å²) >= 11 is 0. The highest BCUT2D eigenvalue weighted by atomic mass is 16.5. The Morgan fingerprint density at radius 2 is 1.55 bits per heavy atom. The molecule has 1 saturated heterocycles. The van der Waals surface area contributed by atoms with E-state index >= 15 is 0 Å². The third-order valence-corrected chi connectivity index (χ3v) is 3.83. The monoisotopic (exact) mass is 267 g/mol. The van der Waals surface area contributed by atoms with Crippen LogP contribution in [-0.2, 0) is 4.74 Å². The molecule has 1 fully saturated rings. The first-order chi connectivity index (χ1) is 9.93. The summed E-state index contributed by atoms with van der Waals surface area (Å²) in [7, 11) is 0. The van der Waals surface area contributed by atoms with Crippen LogP contribution in [0.3, 0.4) is 0 Å². The first-order valence-electron chi connectivity index (χ1n) is 7.38. The summed E-state index contributed by atoms with van der Waals surface area (Å²) in [6, 6.07) is 21.4. The second-order valence-electron chi connectivity index (χ2n) is 5.33. The quantitative estimate of drug-likeness (QED) is 0.894. The molecule has 1 aliphatic rings. The molecule has 3 rings (SSSR count). The van der Waals surface area contributed by atoms with Crippen molar-refractivity contribution in [2.24, 2.45) is 0 Å². The largest absolute Gasteiger partial charge is 0.367 e. The smallest absolute Gasteiger partial charge is 0.108 e. The summed E-state index contributed by atoms with van der Waals surface area (Å²) < 4.78 is 6.24. The second-order valence-corrected chi connectivity index (χ2v) is 5.33. The van der Waals surface area contributed by atoms with Crippen molar-refractivity contribution < 1.29 is 4.74 Å². The molecule has 2 aromatic carbocycles. The molecule has 0 unspecified atom stereocenters. The van der Waals surface area contributed by atoms with Gasteiger partial charge in [-0.15, -0.1) is 0 Å². The summed E-state index contributed by atoms with van der Waals surface area (Å²) in [6.45, 7) is 1.89. The maximum atomic E-state index is 6.24. The maximum Gasteiger partial charge on any atom is 0.108 e. The zero-order valence-corrected chi connectivity index (χ0v) is 11.7. The molecule has 0 amide bonds. The van der Waals surface area contributed by atoms with Gasteiger partial charge in [-0.25, -0.2) is 0 Å². The molecule has 104 valence electrons. The molecule has 20 heavy (non-hydrogen) atoms. The van der Waals surface area contributed by atoms with Gasteiger partial charge >= 0.3 is 0 Å². The van der Waals surface area contributed by atoms with Gasteiger partial charge in [-0.3, -0.25) is 0 Å². The van der Waals surface area contributed by atoms with Crippen LogP contribution in [0, 0.1) is 0 Å². The lowest BCUT2D eigenvalue weighted by molar-refractivity contribution is 0.0659. The fourth-order valence-corrected chi connectivity index (χ4v) is 2.75. The molecule has 2 nitrogen and oxygen atoms in total. The first-order valence-corrected chi connectivity index (χ1v) is 7.38. The average molecular weight is 267 g/mol. The number of hydrogen-bond acceptors (Lipinski definition) is 2. The Morgan fingerprint density at radius 1 is 0.950 bits per heavy atom. The normalized spacial score (nSPS) is 18.6. The van der Waals surface area contributed by atoms with E-state index < -0.39 is 0 Å². The van der Waals surface area contributed by atoms with E-state index in [2.05, 4.69) is 53.8 Å². The van der Waals surface area contributed by atoms with Crippen LogP contribution < -0.4 is 5.32 Å². The van der Waals surface area contributed by atoms with Gasteiger partial charge in [-0.05, 0) is 30.5 Å². The van der Waals surface area contributed by atoms with Crippen molar-refractivity contribution in [1.82, 2.24) is 5.32 Å². The van der Waals surface area contributed by atoms with E-state index in [0.717, 1.165) is 13.2 Å². The van der Waals surface area contributed by atoms with Gasteiger partial charge in [-0.2, -0.15) is 0 Å². The van der Waals surface area contributed by atoms with Crippen molar-refractivity contribution in [3.63, 3.8) is 0 Å². The molecule has 0 spiro atoms. The number of ether oxygens (including phenoxy) is 1. The van der Waals surface area contributed by atoms with Gasteiger partial charge in [0.05, 0.1) is 6.61 Å². The molecule has 0 bridgehead atoms. The van der Waals surface area contributed by atoms with Crippen LogP contribution in [0.2, 0.25) is 0 Å². The minimum atomic E-state index is 0.0276.